The zero-order valence-electron chi connectivity index (χ0n) is 19.6. The Balaban J connectivity index is 1.38. The summed E-state index contributed by atoms with van der Waals surface area (Å²) in [4.78, 5) is 27.3. The molecule has 1 aromatic heterocycles. The molecular formula is C26H29N5O3. The standard InChI is InChI=1S/C26H29N5O3/c1-30-14-6-9-21(16-30)25-27-24(29-34-25)23-15-22(28-33-2)17-31(23)26(32)20-12-10-19(11-13-20)18-7-4-3-5-8-18/h3-5,7-8,10-13,21,23H,6,9,14-17H2,1-2H3/b28-22-/t21-,23+/m1/s1. The van der Waals surface area contributed by atoms with Crippen LogP contribution >= 0.6 is 0 Å². The van der Waals surface area contributed by atoms with Gasteiger partial charge in [0.15, 0.2) is 5.82 Å². The molecule has 0 aliphatic carbocycles. The van der Waals surface area contributed by atoms with Gasteiger partial charge in [-0.05, 0) is 49.7 Å². The maximum absolute atomic E-state index is 13.5. The number of rotatable bonds is 5. The minimum Gasteiger partial charge on any atom is -0.399 e. The fourth-order valence-electron chi connectivity index (χ4n) is 4.86. The number of oxime groups is 1. The largest absolute Gasteiger partial charge is 0.399 e. The third-order valence-electron chi connectivity index (χ3n) is 6.61. The molecule has 0 bridgehead atoms. The summed E-state index contributed by atoms with van der Waals surface area (Å²) in [7, 11) is 3.62. The summed E-state index contributed by atoms with van der Waals surface area (Å²) in [6, 6.07) is 17.5. The third-order valence-corrected chi connectivity index (χ3v) is 6.61. The monoisotopic (exact) mass is 459 g/mol. The van der Waals surface area contributed by atoms with Crippen LogP contribution in [0.3, 0.4) is 0 Å². The number of benzene rings is 2. The molecule has 0 saturated carbocycles. The number of likely N-dealkylation sites (tertiary alicyclic amines) is 2. The molecule has 3 aromatic rings. The summed E-state index contributed by atoms with van der Waals surface area (Å²) in [6.45, 7) is 2.36. The SMILES string of the molecule is CO/N=C1/C[C@@H](c2noc([C@@H]3CCCN(C)C3)n2)N(C(=O)c2ccc(-c3ccccc3)cc2)C1. The molecule has 1 amide bonds. The summed E-state index contributed by atoms with van der Waals surface area (Å²) in [5.41, 5.74) is 3.58. The molecule has 2 aliphatic rings. The topological polar surface area (TPSA) is 84.1 Å². The van der Waals surface area contributed by atoms with E-state index < -0.39 is 0 Å². The highest BCUT2D eigenvalue weighted by atomic mass is 16.6. The summed E-state index contributed by atoms with van der Waals surface area (Å²) >= 11 is 0. The molecular weight excluding hydrogens is 430 g/mol. The van der Waals surface area contributed by atoms with Gasteiger partial charge in [-0.2, -0.15) is 4.98 Å². The molecule has 2 aliphatic heterocycles. The third kappa shape index (κ3) is 4.59. The van der Waals surface area contributed by atoms with Crippen LogP contribution < -0.4 is 0 Å². The molecule has 8 heteroatoms. The summed E-state index contributed by atoms with van der Waals surface area (Å²) in [5.74, 6) is 1.31. The number of nitrogens with zero attached hydrogens (tertiary/aromatic N) is 5. The Bertz CT molecular complexity index is 1160. The fourth-order valence-corrected chi connectivity index (χ4v) is 4.86. The van der Waals surface area contributed by atoms with Crippen molar-refractivity contribution in [1.82, 2.24) is 19.9 Å². The van der Waals surface area contributed by atoms with Crippen molar-refractivity contribution in [3.63, 3.8) is 0 Å². The second-order valence-electron chi connectivity index (χ2n) is 9.03. The van der Waals surface area contributed by atoms with Crippen LogP contribution in [0.2, 0.25) is 0 Å². The van der Waals surface area contributed by atoms with Gasteiger partial charge in [0.1, 0.15) is 13.2 Å². The Morgan fingerprint density at radius 1 is 1.12 bits per heavy atom. The lowest BCUT2D eigenvalue weighted by Gasteiger charge is -2.27. The second kappa shape index (κ2) is 9.77. The molecule has 0 unspecified atom stereocenters. The molecule has 8 nitrogen and oxygen atoms in total. The predicted octanol–water partition coefficient (Wildman–Crippen LogP) is 4.14. The number of hydrogen-bond acceptors (Lipinski definition) is 7. The van der Waals surface area contributed by atoms with Crippen LogP contribution in [-0.2, 0) is 4.84 Å². The highest BCUT2D eigenvalue weighted by Crippen LogP contribution is 2.33. The number of aromatic nitrogens is 2. The van der Waals surface area contributed by atoms with Gasteiger partial charge in [-0.15, -0.1) is 0 Å². The Labute approximate surface area is 199 Å². The van der Waals surface area contributed by atoms with Gasteiger partial charge in [0.25, 0.3) is 5.91 Å². The van der Waals surface area contributed by atoms with Crippen molar-refractivity contribution in [1.29, 1.82) is 0 Å². The average Bonchev–Trinajstić information content (AvgIpc) is 3.52. The van der Waals surface area contributed by atoms with Gasteiger partial charge >= 0.3 is 0 Å². The zero-order chi connectivity index (χ0) is 23.5. The molecule has 2 atom stereocenters. The molecule has 34 heavy (non-hydrogen) atoms. The Hall–Kier alpha value is -3.52. The average molecular weight is 460 g/mol. The van der Waals surface area contributed by atoms with Crippen LogP contribution in [0.4, 0.5) is 0 Å². The van der Waals surface area contributed by atoms with E-state index in [1.165, 1.54) is 7.11 Å². The zero-order valence-corrected chi connectivity index (χ0v) is 19.6. The van der Waals surface area contributed by atoms with E-state index in [4.69, 9.17) is 14.3 Å². The van der Waals surface area contributed by atoms with Gasteiger partial charge in [-0.25, -0.2) is 0 Å². The van der Waals surface area contributed by atoms with Gasteiger partial charge in [0, 0.05) is 18.5 Å². The van der Waals surface area contributed by atoms with Crippen LogP contribution in [0.1, 0.15) is 53.3 Å². The first-order valence-electron chi connectivity index (χ1n) is 11.7. The van der Waals surface area contributed by atoms with Crippen molar-refractivity contribution >= 4 is 11.6 Å². The lowest BCUT2D eigenvalue weighted by atomic mass is 9.98. The van der Waals surface area contributed by atoms with E-state index >= 15 is 0 Å². The van der Waals surface area contributed by atoms with Crippen molar-refractivity contribution in [3.05, 3.63) is 71.9 Å². The van der Waals surface area contributed by atoms with Crippen LogP contribution in [0, 0.1) is 0 Å². The highest BCUT2D eigenvalue weighted by molar-refractivity contribution is 6.00. The Morgan fingerprint density at radius 3 is 2.62 bits per heavy atom. The maximum atomic E-state index is 13.5. The first-order chi connectivity index (χ1) is 16.6. The van der Waals surface area contributed by atoms with Crippen molar-refractivity contribution in [2.75, 3.05) is 33.8 Å². The van der Waals surface area contributed by atoms with E-state index in [9.17, 15) is 4.79 Å². The summed E-state index contributed by atoms with van der Waals surface area (Å²) in [6.07, 6.45) is 2.66. The fraction of sp³-hybridized carbons (Fsp3) is 0.385. The number of likely N-dealkylation sites (N-methyl/N-ethyl adjacent to an activating group) is 1. The lowest BCUT2D eigenvalue weighted by molar-refractivity contribution is 0.0732. The summed E-state index contributed by atoms with van der Waals surface area (Å²) < 4.78 is 5.66. The molecule has 2 saturated heterocycles. The minimum absolute atomic E-state index is 0.0883. The van der Waals surface area contributed by atoms with Gasteiger partial charge < -0.3 is 19.2 Å². The maximum Gasteiger partial charge on any atom is 0.254 e. The molecule has 3 heterocycles. The van der Waals surface area contributed by atoms with Crippen molar-refractivity contribution < 1.29 is 14.2 Å². The van der Waals surface area contributed by atoms with E-state index in [-0.39, 0.29) is 17.9 Å². The number of carbonyl (C=O) groups excluding carboxylic acids is 1. The molecule has 176 valence electrons. The van der Waals surface area contributed by atoms with Gasteiger partial charge in [0.05, 0.1) is 18.2 Å². The van der Waals surface area contributed by atoms with Crippen LogP contribution in [0.5, 0.6) is 0 Å². The summed E-state index contributed by atoms with van der Waals surface area (Å²) in [5, 5.41) is 8.39. The van der Waals surface area contributed by atoms with Gasteiger partial charge in [0.2, 0.25) is 5.89 Å². The molecule has 0 spiro atoms. The predicted molar refractivity (Wildman–Crippen MR) is 128 cm³/mol. The number of carbonyl (C=O) groups is 1. The smallest absolute Gasteiger partial charge is 0.254 e. The van der Waals surface area contributed by atoms with E-state index in [1.807, 2.05) is 42.5 Å². The molecule has 5 rings (SSSR count). The van der Waals surface area contributed by atoms with Crippen molar-refractivity contribution in [2.24, 2.45) is 5.16 Å². The first kappa shape index (κ1) is 22.3. The first-order valence-corrected chi connectivity index (χ1v) is 11.7. The van der Waals surface area contributed by atoms with E-state index in [0.29, 0.717) is 30.2 Å². The van der Waals surface area contributed by atoms with Crippen molar-refractivity contribution in [3.8, 4) is 11.1 Å². The van der Waals surface area contributed by atoms with Gasteiger partial charge in [-0.3, -0.25) is 4.79 Å². The molecule has 0 radical (unpaired) electrons. The molecule has 2 aromatic carbocycles. The minimum atomic E-state index is -0.339. The normalized spacial score (nSPS) is 22.3. The quantitative estimate of drug-likeness (QED) is 0.534. The number of amides is 1. The molecule has 2 fully saturated rings. The Morgan fingerprint density at radius 2 is 1.88 bits per heavy atom. The van der Waals surface area contributed by atoms with Crippen LogP contribution in [0.25, 0.3) is 11.1 Å². The van der Waals surface area contributed by atoms with Crippen molar-refractivity contribution in [2.45, 2.75) is 31.2 Å². The van der Waals surface area contributed by atoms with E-state index in [0.717, 1.165) is 42.8 Å². The number of piperidine rings is 1. The van der Waals surface area contributed by atoms with Crippen LogP contribution in [0.15, 0.2) is 64.3 Å². The number of hydrogen-bond donors (Lipinski definition) is 0. The van der Waals surface area contributed by atoms with E-state index in [1.54, 1.807) is 4.90 Å². The Kier molecular flexibility index (Phi) is 6.40. The lowest BCUT2D eigenvalue weighted by Crippen LogP contribution is -2.32. The van der Waals surface area contributed by atoms with Crippen LogP contribution in [-0.4, -0.2) is 65.4 Å². The second-order valence-corrected chi connectivity index (χ2v) is 9.03. The molecule has 0 N–H and O–H groups in total. The highest BCUT2D eigenvalue weighted by Gasteiger charge is 2.38. The van der Waals surface area contributed by atoms with E-state index in [2.05, 4.69) is 34.4 Å². The van der Waals surface area contributed by atoms with Gasteiger partial charge in [-0.1, -0.05) is 52.8 Å².